The smallest absolute Gasteiger partial charge is 0.408 e. The summed E-state index contributed by atoms with van der Waals surface area (Å²) in [6, 6.07) is 9.32. The molecule has 0 saturated heterocycles. The lowest BCUT2D eigenvalue weighted by Gasteiger charge is -2.10. The molecule has 100 valence electrons. The molecule has 1 N–H and O–H groups in total. The van der Waals surface area contributed by atoms with Crippen LogP contribution in [0.3, 0.4) is 0 Å². The molecule has 6 heteroatoms. The molecule has 0 bridgehead atoms. The Bertz CT molecular complexity index is 467. The first-order valence-corrected chi connectivity index (χ1v) is 5.70. The fourth-order valence-corrected chi connectivity index (χ4v) is 1.25. The third-order valence-electron chi connectivity index (χ3n) is 2.13. The number of alkyl carbamates (subject to hydrolysis) is 1. The largest absolute Gasteiger partial charge is 0.464 e. The number of nitrogens with one attached hydrogen (secondary N) is 1. The van der Waals surface area contributed by atoms with Crippen LogP contribution in [-0.4, -0.2) is 24.7 Å². The molecule has 0 unspecified atom stereocenters. The van der Waals surface area contributed by atoms with E-state index in [2.05, 4.69) is 10.1 Å². The van der Waals surface area contributed by atoms with Crippen molar-refractivity contribution in [3.8, 4) is 6.07 Å². The van der Waals surface area contributed by atoms with Gasteiger partial charge >= 0.3 is 12.1 Å². The van der Waals surface area contributed by atoms with Crippen LogP contribution in [0.2, 0.25) is 0 Å². The minimum absolute atomic E-state index is 0.0631. The molecule has 0 aliphatic rings. The summed E-state index contributed by atoms with van der Waals surface area (Å²) in [4.78, 5) is 22.7. The highest BCUT2D eigenvalue weighted by Gasteiger charge is 2.21. The SMILES string of the molecule is CCOC(=O)[C@H](C#N)NC(=O)OCc1ccccc1. The van der Waals surface area contributed by atoms with Crippen molar-refractivity contribution < 1.29 is 19.1 Å². The lowest BCUT2D eigenvalue weighted by molar-refractivity contribution is -0.143. The minimum atomic E-state index is -1.36. The lowest BCUT2D eigenvalue weighted by Crippen LogP contribution is -2.41. The number of esters is 1. The Labute approximate surface area is 110 Å². The first-order chi connectivity index (χ1) is 9.17. The maximum atomic E-state index is 11.4. The first kappa shape index (κ1) is 14.5. The summed E-state index contributed by atoms with van der Waals surface area (Å²) in [6.45, 7) is 1.81. The van der Waals surface area contributed by atoms with Crippen molar-refractivity contribution in [2.75, 3.05) is 6.61 Å². The van der Waals surface area contributed by atoms with Gasteiger partial charge in [0.15, 0.2) is 0 Å². The van der Waals surface area contributed by atoms with Crippen molar-refractivity contribution in [3.63, 3.8) is 0 Å². The second-order valence-corrected chi connectivity index (χ2v) is 3.52. The van der Waals surface area contributed by atoms with E-state index in [1.54, 1.807) is 25.1 Å². The minimum Gasteiger partial charge on any atom is -0.464 e. The Morgan fingerprint density at radius 2 is 2.00 bits per heavy atom. The number of carbonyl (C=O) groups is 2. The zero-order valence-electron chi connectivity index (χ0n) is 10.5. The molecule has 0 aliphatic carbocycles. The molecule has 0 heterocycles. The molecule has 0 fully saturated rings. The van der Waals surface area contributed by atoms with Gasteiger partial charge in [-0.15, -0.1) is 0 Å². The number of nitrogens with zero attached hydrogens (tertiary/aromatic N) is 1. The zero-order chi connectivity index (χ0) is 14.1. The van der Waals surface area contributed by atoms with Gasteiger partial charge in [-0.1, -0.05) is 30.3 Å². The van der Waals surface area contributed by atoms with Crippen LogP contribution >= 0.6 is 0 Å². The highest BCUT2D eigenvalue weighted by Crippen LogP contribution is 2.00. The molecule has 19 heavy (non-hydrogen) atoms. The number of rotatable bonds is 5. The van der Waals surface area contributed by atoms with Crippen molar-refractivity contribution in [2.45, 2.75) is 19.6 Å². The fraction of sp³-hybridized carbons (Fsp3) is 0.308. The average Bonchev–Trinajstić information content (AvgIpc) is 2.44. The van der Waals surface area contributed by atoms with Gasteiger partial charge in [-0.2, -0.15) is 5.26 Å². The van der Waals surface area contributed by atoms with Crippen molar-refractivity contribution >= 4 is 12.1 Å². The predicted molar refractivity (Wildman–Crippen MR) is 65.8 cm³/mol. The Morgan fingerprint density at radius 3 is 2.58 bits per heavy atom. The van der Waals surface area contributed by atoms with Gasteiger partial charge in [-0.25, -0.2) is 9.59 Å². The Balaban J connectivity index is 2.42. The third kappa shape index (κ3) is 5.08. The van der Waals surface area contributed by atoms with Gasteiger partial charge in [-0.3, -0.25) is 5.32 Å². The standard InChI is InChI=1S/C13H14N2O4/c1-2-18-12(16)11(8-14)15-13(17)19-9-10-6-4-3-5-7-10/h3-7,11H,2,9H2,1H3,(H,15,17)/t11-/m0/s1. The summed E-state index contributed by atoms with van der Waals surface area (Å²) < 4.78 is 9.51. The molecule has 6 nitrogen and oxygen atoms in total. The van der Waals surface area contributed by atoms with E-state index in [-0.39, 0.29) is 13.2 Å². The van der Waals surface area contributed by atoms with E-state index in [1.165, 1.54) is 0 Å². The molecule has 0 saturated carbocycles. The van der Waals surface area contributed by atoms with Crippen LogP contribution in [0.1, 0.15) is 12.5 Å². The van der Waals surface area contributed by atoms with E-state index < -0.39 is 18.1 Å². The summed E-state index contributed by atoms with van der Waals surface area (Å²) in [5.41, 5.74) is 0.808. The molecule has 0 aliphatic heterocycles. The molecule has 1 amide bonds. The topological polar surface area (TPSA) is 88.4 Å². The van der Waals surface area contributed by atoms with Crippen LogP contribution in [0.25, 0.3) is 0 Å². The summed E-state index contributed by atoms with van der Waals surface area (Å²) in [6.07, 6.45) is -0.844. The molecular formula is C13H14N2O4. The number of nitriles is 1. The average molecular weight is 262 g/mol. The molecular weight excluding hydrogens is 248 g/mol. The van der Waals surface area contributed by atoms with Crippen molar-refractivity contribution in [2.24, 2.45) is 0 Å². The molecule has 0 spiro atoms. The van der Waals surface area contributed by atoms with Crippen LogP contribution in [0.5, 0.6) is 0 Å². The van der Waals surface area contributed by atoms with Gasteiger partial charge in [0, 0.05) is 0 Å². The zero-order valence-corrected chi connectivity index (χ0v) is 10.5. The normalized spacial score (nSPS) is 10.9. The fourth-order valence-electron chi connectivity index (χ4n) is 1.25. The lowest BCUT2D eigenvalue weighted by atomic mass is 10.2. The maximum Gasteiger partial charge on any atom is 0.408 e. The van der Waals surface area contributed by atoms with Gasteiger partial charge in [-0.05, 0) is 12.5 Å². The predicted octanol–water partition coefficient (Wildman–Crippen LogP) is 1.37. The number of hydrogen-bond donors (Lipinski definition) is 1. The van der Waals surface area contributed by atoms with Crippen LogP contribution in [-0.2, 0) is 20.9 Å². The molecule has 1 aromatic rings. The van der Waals surface area contributed by atoms with Gasteiger partial charge in [0.2, 0.25) is 6.04 Å². The highest BCUT2D eigenvalue weighted by atomic mass is 16.6. The van der Waals surface area contributed by atoms with Crippen molar-refractivity contribution in [1.82, 2.24) is 5.32 Å². The molecule has 0 radical (unpaired) electrons. The van der Waals surface area contributed by atoms with Gasteiger partial charge in [0.05, 0.1) is 12.7 Å². The molecule has 0 aromatic heterocycles. The number of amides is 1. The van der Waals surface area contributed by atoms with Gasteiger partial charge in [0.25, 0.3) is 0 Å². The van der Waals surface area contributed by atoms with Crippen LogP contribution < -0.4 is 5.32 Å². The van der Waals surface area contributed by atoms with E-state index in [0.29, 0.717) is 0 Å². The monoisotopic (exact) mass is 262 g/mol. The number of hydrogen-bond acceptors (Lipinski definition) is 5. The second kappa shape index (κ2) is 7.71. The highest BCUT2D eigenvalue weighted by molar-refractivity contribution is 5.83. The van der Waals surface area contributed by atoms with Crippen LogP contribution in [0.4, 0.5) is 4.79 Å². The number of carbonyl (C=O) groups excluding carboxylic acids is 2. The van der Waals surface area contributed by atoms with E-state index >= 15 is 0 Å². The summed E-state index contributed by atoms with van der Waals surface area (Å²) >= 11 is 0. The summed E-state index contributed by atoms with van der Waals surface area (Å²) in [5, 5.41) is 10.9. The van der Waals surface area contributed by atoms with E-state index in [4.69, 9.17) is 10.00 Å². The quantitative estimate of drug-likeness (QED) is 0.809. The van der Waals surface area contributed by atoms with E-state index in [9.17, 15) is 9.59 Å². The Hall–Kier alpha value is -2.55. The molecule has 1 rings (SSSR count). The van der Waals surface area contributed by atoms with Crippen molar-refractivity contribution in [3.05, 3.63) is 35.9 Å². The second-order valence-electron chi connectivity index (χ2n) is 3.52. The Kier molecular flexibility index (Phi) is 5.89. The first-order valence-electron chi connectivity index (χ1n) is 5.70. The number of benzene rings is 1. The molecule has 1 aromatic carbocycles. The molecule has 1 atom stereocenters. The van der Waals surface area contributed by atoms with Crippen LogP contribution in [0.15, 0.2) is 30.3 Å². The van der Waals surface area contributed by atoms with Gasteiger partial charge in [0.1, 0.15) is 6.61 Å². The van der Waals surface area contributed by atoms with E-state index in [0.717, 1.165) is 5.56 Å². The Morgan fingerprint density at radius 1 is 1.32 bits per heavy atom. The maximum absolute atomic E-state index is 11.4. The third-order valence-corrected chi connectivity index (χ3v) is 2.13. The van der Waals surface area contributed by atoms with Gasteiger partial charge < -0.3 is 9.47 Å². The van der Waals surface area contributed by atoms with Crippen LogP contribution in [0, 0.1) is 11.3 Å². The number of ether oxygens (including phenoxy) is 2. The van der Waals surface area contributed by atoms with E-state index in [1.807, 2.05) is 18.2 Å². The van der Waals surface area contributed by atoms with Crippen molar-refractivity contribution in [1.29, 1.82) is 5.26 Å². The summed E-state index contributed by atoms with van der Waals surface area (Å²) in [5.74, 6) is -0.804. The summed E-state index contributed by atoms with van der Waals surface area (Å²) in [7, 11) is 0.